The minimum absolute atomic E-state index is 0.132. The van der Waals surface area contributed by atoms with Crippen molar-refractivity contribution in [1.82, 2.24) is 5.32 Å². The van der Waals surface area contributed by atoms with E-state index in [1.165, 1.54) is 0 Å². The largest absolute Gasteiger partial charge is 0.478 e. The molecule has 0 unspecified atom stereocenters. The minimum Gasteiger partial charge on any atom is -0.478 e. The van der Waals surface area contributed by atoms with Gasteiger partial charge in [0.2, 0.25) is 0 Å². The van der Waals surface area contributed by atoms with Crippen LogP contribution in [0.4, 0.5) is 13.2 Å². The van der Waals surface area contributed by atoms with E-state index in [0.717, 1.165) is 11.1 Å². The summed E-state index contributed by atoms with van der Waals surface area (Å²) in [6, 6.07) is 7.15. The molecule has 0 saturated carbocycles. The maximum Gasteiger partial charge on any atom is 0.424 e. The molecular formula is C12H12F3NO2. The molecule has 2 N–H and O–H groups in total. The second kappa shape index (κ2) is 5.57. The molecule has 0 saturated heterocycles. The first-order chi connectivity index (χ1) is 8.30. The Labute approximate surface area is 102 Å². The van der Waals surface area contributed by atoms with Gasteiger partial charge in [0.15, 0.2) is 5.57 Å². The summed E-state index contributed by atoms with van der Waals surface area (Å²) >= 11 is 0. The van der Waals surface area contributed by atoms with Crippen LogP contribution in [0.15, 0.2) is 36.0 Å². The van der Waals surface area contributed by atoms with Gasteiger partial charge in [0.1, 0.15) is 0 Å². The average Bonchev–Trinajstić information content (AvgIpc) is 2.24. The van der Waals surface area contributed by atoms with Crippen LogP contribution in [0.2, 0.25) is 0 Å². The van der Waals surface area contributed by atoms with Crippen molar-refractivity contribution in [2.24, 2.45) is 0 Å². The first kappa shape index (κ1) is 14.1. The fourth-order valence-corrected chi connectivity index (χ4v) is 1.24. The van der Waals surface area contributed by atoms with E-state index >= 15 is 0 Å². The molecule has 0 aromatic heterocycles. The second-order valence-corrected chi connectivity index (χ2v) is 3.73. The fourth-order valence-electron chi connectivity index (χ4n) is 1.24. The Morgan fingerprint density at radius 1 is 1.33 bits per heavy atom. The second-order valence-electron chi connectivity index (χ2n) is 3.73. The molecule has 0 aliphatic heterocycles. The number of aryl methyl sites for hydroxylation is 1. The summed E-state index contributed by atoms with van der Waals surface area (Å²) in [4.78, 5) is 10.4. The van der Waals surface area contributed by atoms with Gasteiger partial charge < -0.3 is 10.4 Å². The normalized spacial score (nSPS) is 12.3. The van der Waals surface area contributed by atoms with Gasteiger partial charge in [0.25, 0.3) is 0 Å². The molecule has 0 aliphatic rings. The molecule has 98 valence electrons. The molecule has 3 nitrogen and oxygen atoms in total. The van der Waals surface area contributed by atoms with Crippen LogP contribution in [0.3, 0.4) is 0 Å². The van der Waals surface area contributed by atoms with Gasteiger partial charge in [-0.25, -0.2) is 4.79 Å². The van der Waals surface area contributed by atoms with Crippen LogP contribution in [-0.2, 0) is 11.3 Å². The number of carboxylic acid groups (broad SMARTS) is 1. The van der Waals surface area contributed by atoms with Gasteiger partial charge in [-0.15, -0.1) is 0 Å². The first-order valence-electron chi connectivity index (χ1n) is 5.10. The van der Waals surface area contributed by atoms with Crippen LogP contribution in [-0.4, -0.2) is 17.3 Å². The molecule has 18 heavy (non-hydrogen) atoms. The minimum atomic E-state index is -4.87. The van der Waals surface area contributed by atoms with E-state index in [9.17, 15) is 18.0 Å². The van der Waals surface area contributed by atoms with E-state index in [1.54, 1.807) is 12.1 Å². The van der Waals surface area contributed by atoms with Gasteiger partial charge in [0.05, 0.1) is 0 Å². The van der Waals surface area contributed by atoms with E-state index in [-0.39, 0.29) is 6.54 Å². The molecule has 0 amide bonds. The molecule has 6 heteroatoms. The van der Waals surface area contributed by atoms with Gasteiger partial charge in [-0.1, -0.05) is 29.8 Å². The van der Waals surface area contributed by atoms with E-state index in [4.69, 9.17) is 5.11 Å². The molecule has 1 rings (SSSR count). The molecule has 1 aromatic carbocycles. The van der Waals surface area contributed by atoms with Crippen molar-refractivity contribution >= 4 is 5.97 Å². The van der Waals surface area contributed by atoms with Crippen molar-refractivity contribution in [1.29, 1.82) is 0 Å². The summed E-state index contributed by atoms with van der Waals surface area (Å²) in [5.74, 6) is -2.00. The third-order valence-electron chi connectivity index (χ3n) is 2.21. The van der Waals surface area contributed by atoms with E-state index in [1.807, 2.05) is 19.1 Å². The van der Waals surface area contributed by atoms with Gasteiger partial charge >= 0.3 is 12.1 Å². The molecule has 0 bridgehead atoms. The molecule has 0 atom stereocenters. The van der Waals surface area contributed by atoms with Crippen LogP contribution >= 0.6 is 0 Å². The van der Waals surface area contributed by atoms with Crippen LogP contribution in [0.5, 0.6) is 0 Å². The Morgan fingerprint density at radius 3 is 2.33 bits per heavy atom. The number of aliphatic carboxylic acids is 1. The lowest BCUT2D eigenvalue weighted by Gasteiger charge is -2.08. The molecule has 0 spiro atoms. The zero-order valence-corrected chi connectivity index (χ0v) is 9.58. The maximum absolute atomic E-state index is 12.3. The number of halogens is 3. The Hall–Kier alpha value is -1.98. The lowest BCUT2D eigenvalue weighted by Crippen LogP contribution is -2.22. The average molecular weight is 259 g/mol. The van der Waals surface area contributed by atoms with E-state index in [0.29, 0.717) is 6.20 Å². The zero-order valence-electron chi connectivity index (χ0n) is 9.58. The fraction of sp³-hybridized carbons (Fsp3) is 0.250. The van der Waals surface area contributed by atoms with Crippen LogP contribution in [0.1, 0.15) is 11.1 Å². The van der Waals surface area contributed by atoms with Gasteiger partial charge in [-0.05, 0) is 12.5 Å². The molecule has 0 fully saturated rings. The van der Waals surface area contributed by atoms with Crippen LogP contribution in [0, 0.1) is 6.92 Å². The smallest absolute Gasteiger partial charge is 0.424 e. The quantitative estimate of drug-likeness (QED) is 0.817. The van der Waals surface area contributed by atoms with Crippen molar-refractivity contribution in [3.05, 3.63) is 47.2 Å². The molecular weight excluding hydrogens is 247 g/mol. The number of alkyl halides is 3. The van der Waals surface area contributed by atoms with Crippen LogP contribution < -0.4 is 5.32 Å². The highest BCUT2D eigenvalue weighted by Crippen LogP contribution is 2.24. The Balaban J connectivity index is 2.68. The number of hydrogen-bond acceptors (Lipinski definition) is 2. The Morgan fingerprint density at radius 2 is 1.89 bits per heavy atom. The highest BCUT2D eigenvalue weighted by molar-refractivity contribution is 5.87. The number of rotatable bonds is 4. The summed E-state index contributed by atoms with van der Waals surface area (Å²) in [5.41, 5.74) is 0.189. The topological polar surface area (TPSA) is 49.3 Å². The highest BCUT2D eigenvalue weighted by Gasteiger charge is 2.38. The predicted octanol–water partition coefficient (Wildman–Crippen LogP) is 2.62. The summed E-state index contributed by atoms with van der Waals surface area (Å²) in [6.07, 6.45) is -4.39. The Bertz CT molecular complexity index is 449. The van der Waals surface area contributed by atoms with Gasteiger partial charge in [-0.3, -0.25) is 0 Å². The summed E-state index contributed by atoms with van der Waals surface area (Å²) in [5, 5.41) is 10.8. The molecule has 0 heterocycles. The predicted molar refractivity (Wildman–Crippen MR) is 59.8 cm³/mol. The number of nitrogens with one attached hydrogen (secondary N) is 1. The highest BCUT2D eigenvalue weighted by atomic mass is 19.4. The third kappa shape index (κ3) is 4.12. The molecule has 1 aromatic rings. The van der Waals surface area contributed by atoms with Crippen molar-refractivity contribution < 1.29 is 23.1 Å². The van der Waals surface area contributed by atoms with Crippen molar-refractivity contribution in [2.45, 2.75) is 19.6 Å². The van der Waals surface area contributed by atoms with Gasteiger partial charge in [-0.2, -0.15) is 13.2 Å². The summed E-state index contributed by atoms with van der Waals surface area (Å²) in [6.45, 7) is 2.02. The van der Waals surface area contributed by atoms with Crippen molar-refractivity contribution in [3.8, 4) is 0 Å². The lowest BCUT2D eigenvalue weighted by molar-refractivity contribution is -0.144. The van der Waals surface area contributed by atoms with Crippen molar-refractivity contribution in [2.75, 3.05) is 0 Å². The Kier molecular flexibility index (Phi) is 4.36. The molecule has 0 aliphatic carbocycles. The number of carbonyl (C=O) groups is 1. The lowest BCUT2D eigenvalue weighted by atomic mass is 10.1. The third-order valence-corrected chi connectivity index (χ3v) is 2.21. The number of hydrogen-bond donors (Lipinski definition) is 2. The standard InChI is InChI=1S/C12H12F3NO2/c1-8-2-4-9(5-3-8)6-16-7-10(11(17)18)12(13,14)15/h2-5,7,16H,6H2,1H3,(H,17,18)/b10-7+. The van der Waals surface area contributed by atoms with E-state index < -0.39 is 17.7 Å². The summed E-state index contributed by atoms with van der Waals surface area (Å²) < 4.78 is 36.8. The van der Waals surface area contributed by atoms with Gasteiger partial charge in [0, 0.05) is 12.7 Å². The number of carboxylic acids is 1. The monoisotopic (exact) mass is 259 g/mol. The SMILES string of the molecule is Cc1ccc(CN/C=C(\C(=O)O)C(F)(F)F)cc1. The summed E-state index contributed by atoms with van der Waals surface area (Å²) in [7, 11) is 0. The first-order valence-corrected chi connectivity index (χ1v) is 5.10. The maximum atomic E-state index is 12.3. The van der Waals surface area contributed by atoms with E-state index in [2.05, 4.69) is 5.32 Å². The molecule has 0 radical (unpaired) electrons. The van der Waals surface area contributed by atoms with Crippen molar-refractivity contribution in [3.63, 3.8) is 0 Å². The number of benzene rings is 1. The zero-order chi connectivity index (χ0) is 13.8. The van der Waals surface area contributed by atoms with Crippen LogP contribution in [0.25, 0.3) is 0 Å².